The Kier molecular flexibility index (Phi) is 4.19. The van der Waals surface area contributed by atoms with Crippen molar-refractivity contribution in [1.82, 2.24) is 4.31 Å². The van der Waals surface area contributed by atoms with E-state index in [0.29, 0.717) is 0 Å². The van der Waals surface area contributed by atoms with Crippen molar-refractivity contribution in [2.24, 2.45) is 5.73 Å². The lowest BCUT2D eigenvalue weighted by atomic mass is 10.3. The highest BCUT2D eigenvalue weighted by Crippen LogP contribution is 2.31. The zero-order valence-corrected chi connectivity index (χ0v) is 12.0. The molecule has 0 aromatic heterocycles. The maximum atomic E-state index is 12.6. The summed E-state index contributed by atoms with van der Waals surface area (Å²) >= 11 is 5.93. The number of primary amides is 1. The van der Waals surface area contributed by atoms with Crippen molar-refractivity contribution in [3.8, 4) is 0 Å². The second-order valence-corrected chi connectivity index (χ2v) is 6.50. The summed E-state index contributed by atoms with van der Waals surface area (Å²) in [5, 5.41) is -0.000266. The van der Waals surface area contributed by atoms with Gasteiger partial charge in [0.25, 0.3) is 0 Å². The zero-order valence-electron chi connectivity index (χ0n) is 10.5. The van der Waals surface area contributed by atoms with Crippen LogP contribution < -0.4 is 11.5 Å². The first kappa shape index (κ1) is 15.0. The van der Waals surface area contributed by atoms with Crippen molar-refractivity contribution < 1.29 is 17.9 Å². The number of benzene rings is 1. The molecule has 1 aromatic carbocycles. The van der Waals surface area contributed by atoms with E-state index in [2.05, 4.69) is 0 Å². The molecule has 7 nitrogen and oxygen atoms in total. The van der Waals surface area contributed by atoms with Gasteiger partial charge in [0.2, 0.25) is 15.9 Å². The monoisotopic (exact) mass is 319 g/mol. The molecule has 0 bridgehead atoms. The summed E-state index contributed by atoms with van der Waals surface area (Å²) in [7, 11) is -4.02. The quantitative estimate of drug-likeness (QED) is 0.748. The molecule has 0 radical (unpaired) electrons. The fraction of sp³-hybridized carbons (Fsp3) is 0.364. The molecule has 20 heavy (non-hydrogen) atoms. The first-order valence-electron chi connectivity index (χ1n) is 5.78. The van der Waals surface area contributed by atoms with E-state index < -0.39 is 22.0 Å². The highest BCUT2D eigenvalue weighted by atomic mass is 35.5. The second kappa shape index (κ2) is 5.57. The van der Waals surface area contributed by atoms with Gasteiger partial charge in [0, 0.05) is 6.54 Å². The molecule has 1 aliphatic rings. The molecule has 1 heterocycles. The third-order valence-corrected chi connectivity index (χ3v) is 5.42. The van der Waals surface area contributed by atoms with E-state index in [-0.39, 0.29) is 35.4 Å². The summed E-state index contributed by atoms with van der Waals surface area (Å²) < 4.78 is 31.4. The van der Waals surface area contributed by atoms with Gasteiger partial charge in [0.1, 0.15) is 10.9 Å². The van der Waals surface area contributed by atoms with Gasteiger partial charge in [0.05, 0.1) is 23.9 Å². The number of amides is 1. The Morgan fingerprint density at radius 2 is 2.15 bits per heavy atom. The van der Waals surface area contributed by atoms with Gasteiger partial charge in [0.15, 0.2) is 0 Å². The van der Waals surface area contributed by atoms with Crippen LogP contribution in [-0.4, -0.2) is 44.4 Å². The predicted molar refractivity (Wildman–Crippen MR) is 73.6 cm³/mol. The van der Waals surface area contributed by atoms with Gasteiger partial charge in [-0.2, -0.15) is 4.31 Å². The van der Waals surface area contributed by atoms with E-state index in [1.165, 1.54) is 12.1 Å². The molecule has 4 N–H and O–H groups in total. The number of nitrogens with two attached hydrogens (primary N) is 2. The number of halogens is 1. The van der Waals surface area contributed by atoms with E-state index in [4.69, 9.17) is 27.8 Å². The Bertz CT molecular complexity index is 614. The number of morpholine rings is 1. The van der Waals surface area contributed by atoms with Crippen LogP contribution in [0, 0.1) is 0 Å². The van der Waals surface area contributed by atoms with E-state index in [1.807, 2.05) is 0 Å². The minimum absolute atomic E-state index is 0.000266. The van der Waals surface area contributed by atoms with E-state index in [0.717, 1.165) is 4.31 Å². The minimum Gasteiger partial charge on any atom is -0.398 e. The molecule has 2 rings (SSSR count). The lowest BCUT2D eigenvalue weighted by Gasteiger charge is -2.32. The van der Waals surface area contributed by atoms with Crippen LogP contribution in [0.5, 0.6) is 0 Å². The third-order valence-electron chi connectivity index (χ3n) is 2.97. The average Bonchev–Trinajstić information content (AvgIpc) is 2.38. The molecule has 1 amide bonds. The summed E-state index contributed by atoms with van der Waals surface area (Å²) in [6.45, 7) is 0.104. The molecule has 0 aliphatic carbocycles. The lowest BCUT2D eigenvalue weighted by Crippen LogP contribution is -2.54. The molecule has 1 unspecified atom stereocenters. The average molecular weight is 320 g/mol. The predicted octanol–water partition coefficient (Wildman–Crippen LogP) is -0.203. The lowest BCUT2D eigenvalue weighted by molar-refractivity contribution is -0.125. The van der Waals surface area contributed by atoms with Crippen LogP contribution in [0.2, 0.25) is 5.02 Å². The molecular weight excluding hydrogens is 306 g/mol. The molecule has 0 spiro atoms. The zero-order chi connectivity index (χ0) is 14.9. The Labute approximate surface area is 121 Å². The Balaban J connectivity index is 2.51. The van der Waals surface area contributed by atoms with Crippen LogP contribution in [-0.2, 0) is 19.6 Å². The standard InChI is InChI=1S/C11H14ClN3O4S/c12-7-2-1-3-8(13)10(7)20(17,18)15-4-5-19-6-9(15)11(14)16/h1-3,9H,4-6,13H2,(H2,14,16). The first-order valence-corrected chi connectivity index (χ1v) is 7.60. The molecule has 1 atom stereocenters. The number of anilines is 1. The number of hydrogen-bond donors (Lipinski definition) is 2. The topological polar surface area (TPSA) is 116 Å². The number of ether oxygens (including phenoxy) is 1. The molecular formula is C11H14ClN3O4S. The van der Waals surface area contributed by atoms with Crippen molar-refractivity contribution in [1.29, 1.82) is 0 Å². The van der Waals surface area contributed by atoms with Crippen molar-refractivity contribution >= 4 is 33.2 Å². The van der Waals surface area contributed by atoms with Crippen molar-refractivity contribution in [3.05, 3.63) is 23.2 Å². The number of hydrogen-bond acceptors (Lipinski definition) is 5. The minimum atomic E-state index is -4.02. The van der Waals surface area contributed by atoms with Gasteiger partial charge in [-0.25, -0.2) is 8.42 Å². The van der Waals surface area contributed by atoms with Crippen LogP contribution in [0.15, 0.2) is 23.1 Å². The van der Waals surface area contributed by atoms with E-state index in [9.17, 15) is 13.2 Å². The van der Waals surface area contributed by atoms with E-state index in [1.54, 1.807) is 6.07 Å². The fourth-order valence-corrected chi connectivity index (χ4v) is 4.22. The number of carbonyl (C=O) groups excluding carboxylic acids is 1. The SMILES string of the molecule is NC(=O)C1COCCN1S(=O)(=O)c1c(N)cccc1Cl. The highest BCUT2D eigenvalue weighted by Gasteiger charge is 2.39. The molecule has 1 saturated heterocycles. The third kappa shape index (κ3) is 2.59. The molecule has 1 aliphatic heterocycles. The number of sulfonamides is 1. The summed E-state index contributed by atoms with van der Waals surface area (Å²) in [6.07, 6.45) is 0. The van der Waals surface area contributed by atoms with Gasteiger partial charge in [-0.05, 0) is 12.1 Å². The first-order chi connectivity index (χ1) is 9.35. The normalized spacial score (nSPS) is 20.8. The summed E-state index contributed by atoms with van der Waals surface area (Å²) in [5.41, 5.74) is 10.9. The summed E-state index contributed by atoms with van der Waals surface area (Å²) in [6, 6.07) is 3.33. The number of nitrogens with zero attached hydrogens (tertiary/aromatic N) is 1. The smallest absolute Gasteiger partial charge is 0.247 e. The summed E-state index contributed by atoms with van der Waals surface area (Å²) in [5.74, 6) is -0.779. The number of carbonyl (C=O) groups is 1. The van der Waals surface area contributed by atoms with Crippen LogP contribution in [0.25, 0.3) is 0 Å². The van der Waals surface area contributed by atoms with Crippen LogP contribution in [0.1, 0.15) is 0 Å². The number of rotatable bonds is 3. The van der Waals surface area contributed by atoms with Crippen LogP contribution in [0.4, 0.5) is 5.69 Å². The maximum Gasteiger partial charge on any atom is 0.247 e. The largest absolute Gasteiger partial charge is 0.398 e. The number of nitrogen functional groups attached to an aromatic ring is 1. The van der Waals surface area contributed by atoms with Crippen molar-refractivity contribution in [3.63, 3.8) is 0 Å². The maximum absolute atomic E-state index is 12.6. The van der Waals surface area contributed by atoms with Crippen LogP contribution >= 0.6 is 11.6 Å². The van der Waals surface area contributed by atoms with Gasteiger partial charge in [-0.3, -0.25) is 4.79 Å². The Morgan fingerprint density at radius 1 is 1.45 bits per heavy atom. The fourth-order valence-electron chi connectivity index (χ4n) is 2.02. The molecule has 9 heteroatoms. The van der Waals surface area contributed by atoms with Gasteiger partial charge >= 0.3 is 0 Å². The van der Waals surface area contributed by atoms with E-state index >= 15 is 0 Å². The summed E-state index contributed by atoms with van der Waals surface area (Å²) in [4.78, 5) is 11.2. The van der Waals surface area contributed by atoms with Gasteiger partial charge < -0.3 is 16.2 Å². The Hall–Kier alpha value is -1.35. The molecule has 1 aromatic rings. The molecule has 1 fully saturated rings. The molecule has 110 valence electrons. The van der Waals surface area contributed by atoms with Crippen molar-refractivity contribution in [2.75, 3.05) is 25.5 Å². The molecule has 0 saturated carbocycles. The Morgan fingerprint density at radius 3 is 2.75 bits per heavy atom. The van der Waals surface area contributed by atoms with Crippen molar-refractivity contribution in [2.45, 2.75) is 10.9 Å². The highest BCUT2D eigenvalue weighted by molar-refractivity contribution is 7.89. The second-order valence-electron chi connectivity index (χ2n) is 4.27. The van der Waals surface area contributed by atoms with Crippen LogP contribution in [0.3, 0.4) is 0 Å². The van der Waals surface area contributed by atoms with Gasteiger partial charge in [-0.1, -0.05) is 17.7 Å². The van der Waals surface area contributed by atoms with Gasteiger partial charge in [-0.15, -0.1) is 0 Å².